The fraction of sp³-hybridized carbons (Fsp3) is 0.708. The zero-order valence-corrected chi connectivity index (χ0v) is 53.3. The van der Waals surface area contributed by atoms with Crippen LogP contribution < -0.4 is 15.4 Å². The van der Waals surface area contributed by atoms with Gasteiger partial charge in [-0.1, -0.05) is 41.0 Å². The summed E-state index contributed by atoms with van der Waals surface area (Å²) >= 11 is 2.65. The number of aliphatic imine (C=N–C) groups is 1. The number of unbranched alkanes of at least 4 members (excludes halogenated alkanes) is 3. The highest BCUT2D eigenvalue weighted by Gasteiger charge is 2.60. The number of benzene rings is 1. The van der Waals surface area contributed by atoms with Crippen LogP contribution in [0.1, 0.15) is 182 Å². The number of carboxylic acid groups (broad SMARTS) is 2. The van der Waals surface area contributed by atoms with E-state index >= 15 is 0 Å². The molecule has 6 aliphatic rings. The van der Waals surface area contributed by atoms with Crippen molar-refractivity contribution in [1.29, 1.82) is 0 Å². The molecule has 4 fully saturated rings. The van der Waals surface area contributed by atoms with E-state index in [1.807, 2.05) is 13.8 Å². The molecule has 2 aromatic rings. The van der Waals surface area contributed by atoms with E-state index < -0.39 is 41.6 Å². The van der Waals surface area contributed by atoms with Gasteiger partial charge in [0.2, 0.25) is 17.7 Å². The molecular weight excluding hydrogens is 1120 g/mol. The van der Waals surface area contributed by atoms with Crippen LogP contribution in [0.3, 0.4) is 0 Å². The molecule has 1 aromatic carbocycles. The first kappa shape index (κ1) is 65.8. The molecular formula is C65H94N6O12S2. The Labute approximate surface area is 510 Å². The molecule has 0 bridgehead atoms. The number of rotatable bonds is 26. The Hall–Kier alpha value is -5.18. The maximum absolute atomic E-state index is 14.0. The van der Waals surface area contributed by atoms with E-state index in [4.69, 9.17) is 4.74 Å². The number of carboxylic acids is 2. The van der Waals surface area contributed by atoms with Gasteiger partial charge in [-0.3, -0.25) is 24.2 Å². The average molecular weight is 1220 g/mol. The van der Waals surface area contributed by atoms with E-state index in [-0.39, 0.29) is 79.7 Å². The van der Waals surface area contributed by atoms with Crippen LogP contribution in [0, 0.1) is 51.8 Å². The zero-order chi connectivity index (χ0) is 61.7. The monoisotopic (exact) mass is 1210 g/mol. The van der Waals surface area contributed by atoms with Gasteiger partial charge in [-0.05, 0) is 203 Å². The molecule has 0 radical (unpaired) electrons. The van der Waals surface area contributed by atoms with Gasteiger partial charge in [0, 0.05) is 64.3 Å². The number of aliphatic hydroxyl groups excluding tert-OH is 2. The highest BCUT2D eigenvalue weighted by Crippen LogP contribution is 2.68. The van der Waals surface area contributed by atoms with Crippen molar-refractivity contribution < 1.29 is 58.7 Å². The number of aliphatic carboxylic acids is 2. The summed E-state index contributed by atoms with van der Waals surface area (Å²) in [6, 6.07) is 3.22. The van der Waals surface area contributed by atoms with Crippen molar-refractivity contribution in [2.24, 2.45) is 56.7 Å². The molecule has 2 heterocycles. The number of nitrogens with zero attached hydrogens (tertiary/aromatic N) is 4. The number of thioether (sulfide) groups is 1. The Morgan fingerprint density at radius 1 is 0.847 bits per heavy atom. The lowest BCUT2D eigenvalue weighted by molar-refractivity contribution is -0.142. The number of nitrogens with one attached hydrogen (secondary N) is 2. The first-order valence-electron chi connectivity index (χ1n) is 31.4. The largest absolute Gasteiger partial charge is 0.480 e. The Morgan fingerprint density at radius 2 is 1.59 bits per heavy atom. The highest BCUT2D eigenvalue weighted by atomic mass is 32.2. The van der Waals surface area contributed by atoms with E-state index in [0.717, 1.165) is 42.2 Å². The first-order valence-corrected chi connectivity index (χ1v) is 33.2. The number of ether oxygens (including phenoxy) is 1. The maximum atomic E-state index is 14.0. The Bertz CT molecular complexity index is 2940. The summed E-state index contributed by atoms with van der Waals surface area (Å²) in [4.78, 5) is 103. The van der Waals surface area contributed by atoms with Crippen molar-refractivity contribution in [2.75, 3.05) is 39.0 Å². The van der Waals surface area contributed by atoms with Crippen LogP contribution in [0.2, 0.25) is 0 Å². The lowest BCUT2D eigenvalue weighted by Gasteiger charge is -2.61. The molecule has 468 valence electrons. The van der Waals surface area contributed by atoms with E-state index in [1.54, 1.807) is 46.0 Å². The molecule has 4 saturated carbocycles. The number of amides is 4. The topological polar surface area (TPSA) is 265 Å². The third-order valence-corrected chi connectivity index (χ3v) is 23.4. The van der Waals surface area contributed by atoms with Crippen molar-refractivity contribution in [1.82, 2.24) is 25.4 Å². The summed E-state index contributed by atoms with van der Waals surface area (Å²) in [6.45, 7) is 17.0. The smallest absolute Gasteiger partial charge is 0.415 e. The molecule has 3 unspecified atom stereocenters. The van der Waals surface area contributed by atoms with Gasteiger partial charge in [-0.15, -0.1) is 23.1 Å². The zero-order valence-electron chi connectivity index (χ0n) is 51.6. The number of allylic oxidation sites excluding steroid dienone is 2. The van der Waals surface area contributed by atoms with Crippen molar-refractivity contribution in [3.8, 4) is 5.75 Å². The number of hydrogen-bond donors (Lipinski definition) is 6. The number of hydrogen-bond acceptors (Lipinski definition) is 14. The standard InChI is InChI=1S/C65H94N6O12S2/c1-37(45-21-22-46-44-20-18-41-33-42(72)25-27-64(41,7)47(44)26-28-65(45,46)8)17-24-53(74)67-49(60(78)79)15-12-13-29-66-52(73)16-11-10-14-30-71(32-31-70(9)54(75)35-63(5,6)55-40(4)56(76)38(2)39(3)57(55)77)62(82)83-43-19-23-48-51(34-43)85-59(68-48)58-69-50(36-84-58)61(80)81/h19,23,34,37,41-42,44-47,49-50,57,72,77H,10-18,20-22,24-33,35-36H2,1-9H3,(H,66,73)(H,67,74)(H,78,79)(H,80,81)/t37-,41-,42-,44+,45-,46+,47+,49?,50?,57?,64+,65-/m1/s1. The second kappa shape index (κ2) is 27.9. The molecule has 18 nitrogen and oxygen atoms in total. The fourth-order valence-electron chi connectivity index (χ4n) is 16.1. The quantitative estimate of drug-likeness (QED) is 0.0479. The number of fused-ring (bicyclic) bond motifs is 6. The second-order valence-electron chi connectivity index (χ2n) is 27.0. The van der Waals surface area contributed by atoms with Gasteiger partial charge in [0.25, 0.3) is 0 Å². The summed E-state index contributed by atoms with van der Waals surface area (Å²) in [5.41, 5.74) is 2.41. The van der Waals surface area contributed by atoms with Gasteiger partial charge >= 0.3 is 18.0 Å². The molecule has 4 amide bonds. The summed E-state index contributed by atoms with van der Waals surface area (Å²) in [5, 5.41) is 48.0. The number of ketones is 1. The molecule has 1 aromatic heterocycles. The van der Waals surface area contributed by atoms with Crippen LogP contribution >= 0.6 is 23.1 Å². The lowest BCUT2D eigenvalue weighted by Crippen LogP contribution is -2.54. The van der Waals surface area contributed by atoms with Crippen LogP contribution in [0.5, 0.6) is 5.75 Å². The number of aliphatic hydroxyl groups is 2. The van der Waals surface area contributed by atoms with E-state index in [9.17, 15) is 54.0 Å². The van der Waals surface area contributed by atoms with Crippen LogP contribution in [0.15, 0.2) is 45.5 Å². The van der Waals surface area contributed by atoms with Gasteiger partial charge in [-0.25, -0.2) is 19.4 Å². The molecule has 8 rings (SSSR count). The van der Waals surface area contributed by atoms with Crippen molar-refractivity contribution in [3.05, 3.63) is 45.5 Å². The van der Waals surface area contributed by atoms with Crippen molar-refractivity contribution >= 4 is 79.9 Å². The number of carbonyl (C=O) groups excluding carboxylic acids is 5. The molecule has 6 N–H and O–H groups in total. The van der Waals surface area contributed by atoms with Gasteiger partial charge in [0.1, 0.15) is 21.8 Å². The van der Waals surface area contributed by atoms with E-state index in [1.165, 1.54) is 71.4 Å². The Morgan fingerprint density at radius 3 is 2.32 bits per heavy atom. The summed E-state index contributed by atoms with van der Waals surface area (Å²) < 4.78 is 6.64. The Balaban J connectivity index is 0.765. The van der Waals surface area contributed by atoms with Crippen molar-refractivity contribution in [3.63, 3.8) is 0 Å². The third kappa shape index (κ3) is 15.0. The van der Waals surface area contributed by atoms with Crippen LogP contribution in [-0.2, 0) is 28.8 Å². The van der Waals surface area contributed by atoms with Gasteiger partial charge in [0.05, 0.1) is 22.4 Å². The predicted molar refractivity (Wildman–Crippen MR) is 330 cm³/mol. The fourth-order valence-corrected chi connectivity index (χ4v) is 18.2. The SMILES string of the molecule is CC1=C(C)C(O)C(C(C)(C)CC(=O)N(C)CCN(CCCCCC(=O)NCCCCC(NC(=O)CC[C@@H](C)[C@H]2CC[C@H]3[C@@H]4CC[C@@H]5C[C@H](O)CC[C@]5(C)[C@H]4CC[C@]23C)C(=O)O)C(=O)Oc2ccc3nc(C4=NC(C(=O)O)CS4)sc3c2)=C(C)C1=O. The predicted octanol–water partition coefficient (Wildman–Crippen LogP) is 10.4. The van der Waals surface area contributed by atoms with Crippen molar-refractivity contribution in [2.45, 2.75) is 202 Å². The number of carbonyl (C=O) groups is 7. The number of thiazole rings is 1. The highest BCUT2D eigenvalue weighted by molar-refractivity contribution is 8.15. The average Bonchev–Trinajstić information content (AvgIpc) is 1.75. The van der Waals surface area contributed by atoms with E-state index in [0.29, 0.717) is 118 Å². The molecule has 20 heteroatoms. The van der Waals surface area contributed by atoms with Crippen LogP contribution in [0.25, 0.3) is 10.2 Å². The van der Waals surface area contributed by atoms with Gasteiger partial charge in [-0.2, -0.15) is 0 Å². The summed E-state index contributed by atoms with van der Waals surface area (Å²) in [6.07, 6.45) is 13.0. The number of aromatic nitrogens is 1. The van der Waals surface area contributed by atoms with Gasteiger partial charge < -0.3 is 45.6 Å². The molecule has 0 spiro atoms. The second-order valence-corrected chi connectivity index (χ2v) is 29.0. The van der Waals surface area contributed by atoms with Crippen LogP contribution in [0.4, 0.5) is 4.79 Å². The molecule has 1 aliphatic heterocycles. The number of Topliss-reactive ketones (excluding diaryl/α,β-unsaturated/α-hetero) is 1. The molecule has 5 aliphatic carbocycles. The summed E-state index contributed by atoms with van der Waals surface area (Å²) in [5.74, 6) is 1.52. The van der Waals surface area contributed by atoms with Crippen LogP contribution in [-0.4, -0.2) is 145 Å². The minimum absolute atomic E-state index is 0.00910. The molecule has 12 atom stereocenters. The maximum Gasteiger partial charge on any atom is 0.415 e. The minimum Gasteiger partial charge on any atom is -0.480 e. The van der Waals surface area contributed by atoms with E-state index in [2.05, 4.69) is 41.4 Å². The minimum atomic E-state index is -1.07. The summed E-state index contributed by atoms with van der Waals surface area (Å²) in [7, 11) is 1.65. The van der Waals surface area contributed by atoms with Gasteiger partial charge in [0.15, 0.2) is 11.8 Å². The number of likely N-dealkylation sites (N-methyl/N-ethyl adjacent to an activating group) is 1. The third-order valence-electron chi connectivity index (χ3n) is 21.2. The molecule has 0 saturated heterocycles. The molecule has 85 heavy (non-hydrogen) atoms. The lowest BCUT2D eigenvalue weighted by atomic mass is 9.44. The Kier molecular flexibility index (Phi) is 21.6. The first-order chi connectivity index (χ1) is 40.2. The normalized spacial score (nSPS) is 28.2.